The minimum absolute atomic E-state index is 0.637. The molecule has 5 heteroatoms. The Hall–Kier alpha value is -3.73. The Morgan fingerprint density at radius 2 is 1.86 bits per heavy atom. The van der Waals surface area contributed by atoms with Crippen LogP contribution in [0.2, 0.25) is 0 Å². The maximum absolute atomic E-state index is 5.62. The molecule has 0 spiro atoms. The molecule has 5 rings (SSSR count). The number of rotatable bonds is 4. The van der Waals surface area contributed by atoms with Gasteiger partial charge in [0.05, 0.1) is 35.9 Å². The molecule has 3 heterocycles. The Kier molecular flexibility index (Phi) is 3.98. The van der Waals surface area contributed by atoms with Crippen LogP contribution in [-0.4, -0.2) is 26.0 Å². The zero-order valence-corrected chi connectivity index (χ0v) is 15.4. The fourth-order valence-electron chi connectivity index (χ4n) is 3.40. The van der Waals surface area contributed by atoms with Crippen LogP contribution in [0.1, 0.15) is 6.92 Å². The Labute approximate surface area is 162 Å². The molecule has 0 amide bonds. The maximum Gasteiger partial charge on any atom is 0.155 e. The van der Waals surface area contributed by atoms with Gasteiger partial charge in [0, 0.05) is 28.9 Å². The number of pyridine rings is 1. The van der Waals surface area contributed by atoms with Crippen LogP contribution in [0.25, 0.3) is 39.1 Å². The van der Waals surface area contributed by atoms with E-state index in [1.165, 1.54) is 0 Å². The minimum atomic E-state index is 0.637. The van der Waals surface area contributed by atoms with Crippen LogP contribution in [0.15, 0.2) is 79.4 Å². The smallest absolute Gasteiger partial charge is 0.155 e. The predicted octanol–water partition coefficient (Wildman–Crippen LogP) is 5.01. The van der Waals surface area contributed by atoms with E-state index in [0.717, 1.165) is 44.8 Å². The highest BCUT2D eigenvalue weighted by Crippen LogP contribution is 2.27. The topological polar surface area (TPSA) is 52.3 Å². The van der Waals surface area contributed by atoms with Gasteiger partial charge >= 0.3 is 0 Å². The zero-order chi connectivity index (χ0) is 18.9. The van der Waals surface area contributed by atoms with Gasteiger partial charge in [0.15, 0.2) is 5.65 Å². The second kappa shape index (κ2) is 6.78. The monoisotopic (exact) mass is 366 g/mol. The molecule has 0 saturated heterocycles. The zero-order valence-electron chi connectivity index (χ0n) is 15.4. The molecule has 5 nitrogen and oxygen atoms in total. The molecule has 0 aliphatic rings. The number of imidazole rings is 1. The molecule has 5 aromatic rings. The highest BCUT2D eigenvalue weighted by atomic mass is 16.5. The van der Waals surface area contributed by atoms with E-state index in [-0.39, 0.29) is 0 Å². The molecular weight excluding hydrogens is 348 g/mol. The Morgan fingerprint density at radius 1 is 0.893 bits per heavy atom. The van der Waals surface area contributed by atoms with E-state index < -0.39 is 0 Å². The first kappa shape index (κ1) is 16.4. The lowest BCUT2D eigenvalue weighted by atomic mass is 10.1. The fourth-order valence-corrected chi connectivity index (χ4v) is 3.40. The molecule has 28 heavy (non-hydrogen) atoms. The third kappa shape index (κ3) is 2.87. The molecular formula is C23H18N4O. The number of fused-ring (bicyclic) bond motifs is 2. The normalized spacial score (nSPS) is 11.2. The van der Waals surface area contributed by atoms with Crippen LogP contribution < -0.4 is 4.74 Å². The quantitative estimate of drug-likeness (QED) is 0.449. The van der Waals surface area contributed by atoms with E-state index in [2.05, 4.69) is 37.6 Å². The molecule has 0 bridgehead atoms. The molecule has 0 saturated carbocycles. The molecule has 0 fully saturated rings. The highest BCUT2D eigenvalue weighted by Gasteiger charge is 2.10. The average Bonchev–Trinajstić information content (AvgIpc) is 3.17. The summed E-state index contributed by atoms with van der Waals surface area (Å²) in [5.41, 5.74) is 5.78. The number of nitrogens with zero attached hydrogens (tertiary/aromatic N) is 4. The van der Waals surface area contributed by atoms with Crippen LogP contribution >= 0.6 is 0 Å². The van der Waals surface area contributed by atoms with E-state index in [9.17, 15) is 0 Å². The Bertz CT molecular complexity index is 1290. The van der Waals surface area contributed by atoms with Crippen LogP contribution in [0, 0.1) is 0 Å². The van der Waals surface area contributed by atoms with Crippen molar-refractivity contribution in [1.82, 2.24) is 19.4 Å². The van der Waals surface area contributed by atoms with Crippen LogP contribution in [0.5, 0.6) is 5.75 Å². The Morgan fingerprint density at radius 3 is 2.79 bits per heavy atom. The van der Waals surface area contributed by atoms with Gasteiger partial charge in [0.2, 0.25) is 0 Å². The molecule has 136 valence electrons. The van der Waals surface area contributed by atoms with E-state index in [1.807, 2.05) is 61.9 Å². The summed E-state index contributed by atoms with van der Waals surface area (Å²) in [5.74, 6) is 0.842. The summed E-state index contributed by atoms with van der Waals surface area (Å²) >= 11 is 0. The molecule has 0 aliphatic heterocycles. The summed E-state index contributed by atoms with van der Waals surface area (Å²) in [4.78, 5) is 13.5. The standard InChI is InChI=1S/C23H18N4O/c1-2-28-19-7-3-5-17(12-19)21-15-27-22(13-26-23(27)14-25-21)18-8-9-20-16(11-18)6-4-10-24-20/h3-15H,2H2,1H3. The van der Waals surface area contributed by atoms with Crippen molar-refractivity contribution in [2.45, 2.75) is 6.92 Å². The number of benzene rings is 2. The summed E-state index contributed by atoms with van der Waals surface area (Å²) in [5, 5.41) is 1.11. The van der Waals surface area contributed by atoms with Crippen LogP contribution in [0.3, 0.4) is 0 Å². The molecule has 3 aromatic heterocycles. The lowest BCUT2D eigenvalue weighted by Crippen LogP contribution is -1.95. The van der Waals surface area contributed by atoms with Crippen molar-refractivity contribution >= 4 is 16.6 Å². The van der Waals surface area contributed by atoms with Crippen molar-refractivity contribution in [2.75, 3.05) is 6.61 Å². The van der Waals surface area contributed by atoms with E-state index in [4.69, 9.17) is 4.74 Å². The van der Waals surface area contributed by atoms with Crippen molar-refractivity contribution in [3.05, 3.63) is 79.4 Å². The van der Waals surface area contributed by atoms with E-state index in [1.54, 1.807) is 6.20 Å². The number of hydrogen-bond acceptors (Lipinski definition) is 4. The minimum Gasteiger partial charge on any atom is -0.494 e. The number of hydrogen-bond donors (Lipinski definition) is 0. The van der Waals surface area contributed by atoms with Gasteiger partial charge in [-0.1, -0.05) is 24.3 Å². The first-order valence-corrected chi connectivity index (χ1v) is 9.23. The van der Waals surface area contributed by atoms with Crippen molar-refractivity contribution < 1.29 is 4.74 Å². The van der Waals surface area contributed by atoms with Crippen molar-refractivity contribution in [2.24, 2.45) is 0 Å². The summed E-state index contributed by atoms with van der Waals surface area (Å²) in [7, 11) is 0. The van der Waals surface area contributed by atoms with Crippen molar-refractivity contribution in [3.63, 3.8) is 0 Å². The summed E-state index contributed by atoms with van der Waals surface area (Å²) in [6.07, 6.45) is 7.52. The lowest BCUT2D eigenvalue weighted by molar-refractivity contribution is 0.340. The molecule has 0 radical (unpaired) electrons. The van der Waals surface area contributed by atoms with Gasteiger partial charge in [-0.2, -0.15) is 0 Å². The maximum atomic E-state index is 5.62. The molecule has 2 aromatic carbocycles. The second-order valence-electron chi connectivity index (χ2n) is 6.52. The van der Waals surface area contributed by atoms with Crippen LogP contribution in [0.4, 0.5) is 0 Å². The summed E-state index contributed by atoms with van der Waals surface area (Å²) in [6, 6.07) is 18.3. The van der Waals surface area contributed by atoms with Crippen LogP contribution in [-0.2, 0) is 0 Å². The molecule has 0 aliphatic carbocycles. The summed E-state index contributed by atoms with van der Waals surface area (Å²) < 4.78 is 7.70. The molecule has 0 N–H and O–H groups in total. The van der Waals surface area contributed by atoms with E-state index >= 15 is 0 Å². The van der Waals surface area contributed by atoms with Crippen molar-refractivity contribution in [3.8, 4) is 28.3 Å². The van der Waals surface area contributed by atoms with Gasteiger partial charge in [-0.05, 0) is 37.3 Å². The van der Waals surface area contributed by atoms with Gasteiger partial charge in [-0.15, -0.1) is 0 Å². The van der Waals surface area contributed by atoms with Gasteiger partial charge in [-0.3, -0.25) is 14.4 Å². The number of ether oxygens (including phenoxy) is 1. The Balaban J connectivity index is 1.62. The lowest BCUT2D eigenvalue weighted by Gasteiger charge is -2.08. The molecule has 0 unspecified atom stereocenters. The fraction of sp³-hybridized carbons (Fsp3) is 0.0870. The summed E-state index contributed by atoms with van der Waals surface area (Å²) in [6.45, 7) is 2.62. The largest absolute Gasteiger partial charge is 0.494 e. The third-order valence-corrected chi connectivity index (χ3v) is 4.74. The van der Waals surface area contributed by atoms with Gasteiger partial charge in [-0.25, -0.2) is 4.98 Å². The first-order chi connectivity index (χ1) is 13.8. The average molecular weight is 366 g/mol. The van der Waals surface area contributed by atoms with Gasteiger partial charge in [0.1, 0.15) is 5.75 Å². The first-order valence-electron chi connectivity index (χ1n) is 9.23. The van der Waals surface area contributed by atoms with E-state index in [0.29, 0.717) is 6.61 Å². The van der Waals surface area contributed by atoms with Gasteiger partial charge < -0.3 is 4.74 Å². The predicted molar refractivity (Wildman–Crippen MR) is 110 cm³/mol. The second-order valence-corrected chi connectivity index (χ2v) is 6.52. The SMILES string of the molecule is CCOc1cccc(-c2cn3c(-c4ccc5ncccc5c4)cnc3cn2)c1. The van der Waals surface area contributed by atoms with Gasteiger partial charge in [0.25, 0.3) is 0 Å². The highest BCUT2D eigenvalue weighted by molar-refractivity contribution is 5.84. The molecule has 0 atom stereocenters. The third-order valence-electron chi connectivity index (χ3n) is 4.74. The van der Waals surface area contributed by atoms with Crippen molar-refractivity contribution in [1.29, 1.82) is 0 Å². The number of aromatic nitrogens is 4.